The van der Waals surface area contributed by atoms with Crippen LogP contribution in [-0.4, -0.2) is 26.1 Å². The lowest BCUT2D eigenvalue weighted by Gasteiger charge is -2.09. The molecule has 1 amide bonds. The van der Waals surface area contributed by atoms with Gasteiger partial charge in [-0.3, -0.25) is 4.79 Å². The van der Waals surface area contributed by atoms with Gasteiger partial charge < -0.3 is 14.8 Å². The van der Waals surface area contributed by atoms with Gasteiger partial charge in [-0.05, 0) is 23.3 Å². The van der Waals surface area contributed by atoms with Gasteiger partial charge in [0.15, 0.2) is 0 Å². The van der Waals surface area contributed by atoms with E-state index >= 15 is 0 Å². The van der Waals surface area contributed by atoms with Crippen LogP contribution in [0.4, 0.5) is 0 Å². The van der Waals surface area contributed by atoms with E-state index in [4.69, 9.17) is 4.74 Å². The van der Waals surface area contributed by atoms with E-state index in [2.05, 4.69) is 10.1 Å². The van der Waals surface area contributed by atoms with E-state index in [1.54, 1.807) is 19.2 Å². The van der Waals surface area contributed by atoms with Crippen molar-refractivity contribution in [2.75, 3.05) is 14.2 Å². The fraction of sp³-hybridized carbons (Fsp3) is 0.250. The molecule has 22 heavy (non-hydrogen) atoms. The van der Waals surface area contributed by atoms with Crippen LogP contribution >= 0.6 is 11.3 Å². The standard InChI is InChI=1S/C16H17NO4S/c1-20-10-12-6-4-3-5-11(12)9-17-15(18)13-7-8-14(22-13)16(19)21-2/h3-8H,9-10H2,1-2H3,(H,17,18). The van der Waals surface area contributed by atoms with Crippen molar-refractivity contribution in [3.05, 3.63) is 57.3 Å². The Hall–Kier alpha value is -2.18. The molecule has 6 heteroatoms. The quantitative estimate of drug-likeness (QED) is 0.831. The number of benzene rings is 1. The number of rotatable bonds is 6. The number of hydrogen-bond acceptors (Lipinski definition) is 5. The van der Waals surface area contributed by atoms with E-state index in [9.17, 15) is 9.59 Å². The van der Waals surface area contributed by atoms with E-state index in [-0.39, 0.29) is 5.91 Å². The predicted octanol–water partition coefficient (Wildman–Crippen LogP) is 2.61. The Morgan fingerprint density at radius 1 is 1.05 bits per heavy atom. The maximum Gasteiger partial charge on any atom is 0.348 e. The summed E-state index contributed by atoms with van der Waals surface area (Å²) < 4.78 is 9.77. The maximum absolute atomic E-state index is 12.1. The van der Waals surface area contributed by atoms with Gasteiger partial charge in [0.05, 0.1) is 18.6 Å². The van der Waals surface area contributed by atoms with Gasteiger partial charge in [0.25, 0.3) is 5.91 Å². The summed E-state index contributed by atoms with van der Waals surface area (Å²) in [5.74, 6) is -0.651. The first-order chi connectivity index (χ1) is 10.7. The summed E-state index contributed by atoms with van der Waals surface area (Å²) in [4.78, 5) is 24.4. The smallest absolute Gasteiger partial charge is 0.348 e. The zero-order valence-corrected chi connectivity index (χ0v) is 13.2. The normalized spacial score (nSPS) is 10.3. The van der Waals surface area contributed by atoms with Crippen LogP contribution < -0.4 is 5.32 Å². The molecule has 2 aromatic rings. The Bertz CT molecular complexity index is 666. The number of carbonyl (C=O) groups is 2. The number of hydrogen-bond donors (Lipinski definition) is 1. The van der Waals surface area contributed by atoms with Crippen molar-refractivity contribution in [3.63, 3.8) is 0 Å². The SMILES string of the molecule is COCc1ccccc1CNC(=O)c1ccc(C(=O)OC)s1. The second-order valence-electron chi connectivity index (χ2n) is 4.54. The molecular formula is C16H17NO4S. The lowest BCUT2D eigenvalue weighted by atomic mass is 10.1. The average Bonchev–Trinajstić information content (AvgIpc) is 3.03. The number of thiophene rings is 1. The predicted molar refractivity (Wildman–Crippen MR) is 84.0 cm³/mol. The van der Waals surface area contributed by atoms with Gasteiger partial charge >= 0.3 is 5.97 Å². The molecule has 0 saturated heterocycles. The van der Waals surface area contributed by atoms with Gasteiger partial charge in [-0.1, -0.05) is 24.3 Å². The lowest BCUT2D eigenvalue weighted by molar-refractivity contribution is 0.0606. The second kappa shape index (κ2) is 7.72. The van der Waals surface area contributed by atoms with Gasteiger partial charge in [-0.2, -0.15) is 0 Å². The Kier molecular flexibility index (Phi) is 5.68. The monoisotopic (exact) mass is 319 g/mol. The molecule has 0 saturated carbocycles. The second-order valence-corrected chi connectivity index (χ2v) is 5.62. The van der Waals surface area contributed by atoms with Gasteiger partial charge in [-0.15, -0.1) is 11.3 Å². The summed E-state index contributed by atoms with van der Waals surface area (Å²) >= 11 is 1.11. The molecule has 0 unspecified atom stereocenters. The van der Waals surface area contributed by atoms with Crippen LogP contribution in [0.1, 0.15) is 30.5 Å². The van der Waals surface area contributed by atoms with Crippen LogP contribution in [0.5, 0.6) is 0 Å². The average molecular weight is 319 g/mol. The molecule has 5 nitrogen and oxygen atoms in total. The molecule has 2 rings (SSSR count). The molecule has 0 aliphatic rings. The highest BCUT2D eigenvalue weighted by atomic mass is 32.1. The molecule has 0 spiro atoms. The van der Waals surface area contributed by atoms with E-state index in [1.165, 1.54) is 7.11 Å². The minimum atomic E-state index is -0.436. The topological polar surface area (TPSA) is 64.6 Å². The minimum Gasteiger partial charge on any atom is -0.465 e. The molecule has 0 aliphatic heterocycles. The van der Waals surface area contributed by atoms with Crippen LogP contribution in [-0.2, 0) is 22.6 Å². The summed E-state index contributed by atoms with van der Waals surface area (Å²) in [7, 11) is 2.95. The molecule has 0 atom stereocenters. The van der Waals surface area contributed by atoms with E-state index in [0.717, 1.165) is 22.5 Å². The zero-order valence-electron chi connectivity index (χ0n) is 12.4. The van der Waals surface area contributed by atoms with Crippen molar-refractivity contribution < 1.29 is 19.1 Å². The number of nitrogens with one attached hydrogen (secondary N) is 1. The van der Waals surface area contributed by atoms with Gasteiger partial charge in [0.1, 0.15) is 4.88 Å². The van der Waals surface area contributed by atoms with Crippen molar-refractivity contribution >= 4 is 23.2 Å². The molecule has 1 N–H and O–H groups in total. The van der Waals surface area contributed by atoms with Gasteiger partial charge in [0, 0.05) is 13.7 Å². The first kappa shape index (κ1) is 16.2. The van der Waals surface area contributed by atoms with Gasteiger partial charge in [0.2, 0.25) is 0 Å². The lowest BCUT2D eigenvalue weighted by Crippen LogP contribution is -2.22. The number of amides is 1. The first-order valence-electron chi connectivity index (χ1n) is 6.67. The molecule has 1 heterocycles. The molecule has 0 bridgehead atoms. The summed E-state index contributed by atoms with van der Waals surface area (Å²) in [6, 6.07) is 11.0. The molecule has 0 fully saturated rings. The largest absolute Gasteiger partial charge is 0.465 e. The van der Waals surface area contributed by atoms with Crippen molar-refractivity contribution in [2.45, 2.75) is 13.2 Å². The maximum atomic E-state index is 12.1. The summed E-state index contributed by atoms with van der Waals surface area (Å²) in [6.45, 7) is 0.904. The Morgan fingerprint density at radius 3 is 2.41 bits per heavy atom. The van der Waals surface area contributed by atoms with Crippen LogP contribution in [0.25, 0.3) is 0 Å². The Morgan fingerprint density at radius 2 is 1.73 bits per heavy atom. The highest BCUT2D eigenvalue weighted by Crippen LogP contribution is 2.17. The summed E-state index contributed by atoms with van der Waals surface area (Å²) in [5, 5.41) is 2.85. The molecular weight excluding hydrogens is 302 g/mol. The molecule has 0 aliphatic carbocycles. The van der Waals surface area contributed by atoms with Crippen molar-refractivity contribution in [2.24, 2.45) is 0 Å². The van der Waals surface area contributed by atoms with E-state index in [1.807, 2.05) is 24.3 Å². The number of carbonyl (C=O) groups excluding carboxylic acids is 2. The Labute approximate surface area is 132 Å². The van der Waals surface area contributed by atoms with Crippen LogP contribution in [0, 0.1) is 0 Å². The molecule has 116 valence electrons. The fourth-order valence-electron chi connectivity index (χ4n) is 1.96. The van der Waals surface area contributed by atoms with E-state index in [0.29, 0.717) is 22.9 Å². The van der Waals surface area contributed by atoms with Crippen molar-refractivity contribution in [3.8, 4) is 0 Å². The van der Waals surface area contributed by atoms with Crippen LogP contribution in [0.15, 0.2) is 36.4 Å². The fourth-order valence-corrected chi connectivity index (χ4v) is 2.80. The number of methoxy groups -OCH3 is 2. The third-order valence-electron chi connectivity index (χ3n) is 3.07. The van der Waals surface area contributed by atoms with Crippen LogP contribution in [0.2, 0.25) is 0 Å². The number of ether oxygens (including phenoxy) is 2. The Balaban J connectivity index is 2.01. The van der Waals surface area contributed by atoms with Crippen molar-refractivity contribution in [1.82, 2.24) is 5.32 Å². The van der Waals surface area contributed by atoms with Gasteiger partial charge in [-0.25, -0.2) is 4.79 Å². The summed E-state index contributed by atoms with van der Waals surface area (Å²) in [6.07, 6.45) is 0. The molecule has 1 aromatic carbocycles. The molecule has 1 aromatic heterocycles. The summed E-state index contributed by atoms with van der Waals surface area (Å²) in [5.41, 5.74) is 2.04. The minimum absolute atomic E-state index is 0.215. The number of esters is 1. The van der Waals surface area contributed by atoms with Crippen LogP contribution in [0.3, 0.4) is 0 Å². The molecule has 0 radical (unpaired) electrons. The van der Waals surface area contributed by atoms with Crippen molar-refractivity contribution in [1.29, 1.82) is 0 Å². The van der Waals surface area contributed by atoms with E-state index < -0.39 is 5.97 Å². The third kappa shape index (κ3) is 3.93. The highest BCUT2D eigenvalue weighted by Gasteiger charge is 2.14. The zero-order chi connectivity index (χ0) is 15.9. The first-order valence-corrected chi connectivity index (χ1v) is 7.49. The third-order valence-corrected chi connectivity index (χ3v) is 4.14. The highest BCUT2D eigenvalue weighted by molar-refractivity contribution is 7.15.